The third-order valence-corrected chi connectivity index (χ3v) is 4.66. The molecule has 0 fully saturated rings. The average molecular weight is 310 g/mol. The SMILES string of the molecule is Cc1cc(Cl)ccc1S(=O)(=O)NC(CO)(CO)CO. The Hall–Kier alpha value is -0.700. The van der Waals surface area contributed by atoms with Crippen molar-refractivity contribution in [2.45, 2.75) is 17.4 Å². The molecule has 0 saturated carbocycles. The molecule has 4 N–H and O–H groups in total. The summed E-state index contributed by atoms with van der Waals surface area (Å²) in [5.74, 6) is 0. The van der Waals surface area contributed by atoms with Gasteiger partial charge in [-0.2, -0.15) is 4.72 Å². The van der Waals surface area contributed by atoms with Gasteiger partial charge in [0.2, 0.25) is 10.0 Å². The largest absolute Gasteiger partial charge is 0.394 e. The van der Waals surface area contributed by atoms with Gasteiger partial charge in [0, 0.05) is 5.02 Å². The quantitative estimate of drug-likeness (QED) is 0.574. The zero-order chi connectivity index (χ0) is 14.7. The van der Waals surface area contributed by atoms with E-state index in [9.17, 15) is 8.42 Å². The number of sulfonamides is 1. The van der Waals surface area contributed by atoms with Crippen molar-refractivity contribution in [2.75, 3.05) is 19.8 Å². The molecule has 6 nitrogen and oxygen atoms in total. The van der Waals surface area contributed by atoms with Gasteiger partial charge in [0.1, 0.15) is 5.54 Å². The monoisotopic (exact) mass is 309 g/mol. The Labute approximate surface area is 116 Å². The molecule has 1 aromatic rings. The topological polar surface area (TPSA) is 107 Å². The summed E-state index contributed by atoms with van der Waals surface area (Å²) in [5, 5.41) is 27.8. The van der Waals surface area contributed by atoms with E-state index in [2.05, 4.69) is 4.72 Å². The lowest BCUT2D eigenvalue weighted by molar-refractivity contribution is 0.0582. The number of rotatable bonds is 6. The first-order chi connectivity index (χ1) is 8.80. The molecule has 0 saturated heterocycles. The lowest BCUT2D eigenvalue weighted by atomic mass is 10.1. The Morgan fingerprint density at radius 1 is 1.21 bits per heavy atom. The fourth-order valence-electron chi connectivity index (χ4n) is 1.50. The summed E-state index contributed by atoms with van der Waals surface area (Å²) in [7, 11) is -3.99. The summed E-state index contributed by atoms with van der Waals surface area (Å²) in [6.07, 6.45) is 0. The van der Waals surface area contributed by atoms with Crippen molar-refractivity contribution >= 4 is 21.6 Å². The van der Waals surface area contributed by atoms with E-state index in [0.29, 0.717) is 10.6 Å². The van der Waals surface area contributed by atoms with Crippen molar-refractivity contribution in [3.8, 4) is 0 Å². The highest BCUT2D eigenvalue weighted by Gasteiger charge is 2.34. The smallest absolute Gasteiger partial charge is 0.241 e. The summed E-state index contributed by atoms with van der Waals surface area (Å²) < 4.78 is 26.4. The van der Waals surface area contributed by atoms with Gasteiger partial charge in [-0.05, 0) is 30.7 Å². The number of nitrogens with one attached hydrogen (secondary N) is 1. The van der Waals surface area contributed by atoms with Gasteiger partial charge in [0.05, 0.1) is 24.7 Å². The van der Waals surface area contributed by atoms with Crippen LogP contribution in [0.2, 0.25) is 5.02 Å². The molecule has 8 heteroatoms. The van der Waals surface area contributed by atoms with Gasteiger partial charge in [0.15, 0.2) is 0 Å². The van der Waals surface area contributed by atoms with E-state index >= 15 is 0 Å². The van der Waals surface area contributed by atoms with Gasteiger partial charge in [-0.3, -0.25) is 0 Å². The maximum absolute atomic E-state index is 12.2. The first kappa shape index (κ1) is 16.4. The summed E-state index contributed by atoms with van der Waals surface area (Å²) in [5.41, 5.74) is -1.28. The maximum atomic E-state index is 12.2. The summed E-state index contributed by atoms with van der Waals surface area (Å²) in [4.78, 5) is -0.0309. The zero-order valence-corrected chi connectivity index (χ0v) is 11.9. The van der Waals surface area contributed by atoms with Crippen LogP contribution in [0.3, 0.4) is 0 Å². The van der Waals surface area contributed by atoms with Crippen molar-refractivity contribution < 1.29 is 23.7 Å². The first-order valence-electron chi connectivity index (χ1n) is 5.43. The van der Waals surface area contributed by atoms with Crippen LogP contribution in [0.5, 0.6) is 0 Å². The van der Waals surface area contributed by atoms with E-state index in [4.69, 9.17) is 26.9 Å². The Bertz CT molecular complexity index is 534. The van der Waals surface area contributed by atoms with E-state index in [-0.39, 0.29) is 4.90 Å². The third-order valence-electron chi connectivity index (χ3n) is 2.69. The van der Waals surface area contributed by atoms with Crippen molar-refractivity contribution in [1.29, 1.82) is 0 Å². The van der Waals surface area contributed by atoms with Gasteiger partial charge < -0.3 is 15.3 Å². The molecular formula is C11H16ClNO5S. The molecule has 0 heterocycles. The maximum Gasteiger partial charge on any atom is 0.241 e. The highest BCUT2D eigenvalue weighted by Crippen LogP contribution is 2.21. The normalized spacial score (nSPS) is 12.7. The van der Waals surface area contributed by atoms with E-state index < -0.39 is 35.4 Å². The van der Waals surface area contributed by atoms with E-state index in [0.717, 1.165) is 0 Å². The molecule has 1 rings (SSSR count). The predicted octanol–water partition coefficient (Wildman–Crippen LogP) is -0.358. The summed E-state index contributed by atoms with van der Waals surface area (Å²) >= 11 is 5.75. The van der Waals surface area contributed by atoms with Crippen molar-refractivity contribution in [3.05, 3.63) is 28.8 Å². The number of aryl methyl sites for hydroxylation is 1. The van der Waals surface area contributed by atoms with Crippen molar-refractivity contribution in [2.24, 2.45) is 0 Å². The molecule has 0 radical (unpaired) electrons. The number of hydrogen-bond acceptors (Lipinski definition) is 5. The van der Waals surface area contributed by atoms with E-state index in [1.54, 1.807) is 6.92 Å². The van der Waals surface area contributed by atoms with Gasteiger partial charge in [-0.1, -0.05) is 11.6 Å². The van der Waals surface area contributed by atoms with Crippen LogP contribution in [0.15, 0.2) is 23.1 Å². The molecule has 0 amide bonds. The second-order valence-corrected chi connectivity index (χ2v) is 6.36. The molecule has 0 bridgehead atoms. The summed E-state index contributed by atoms with van der Waals surface area (Å²) in [6, 6.07) is 4.22. The minimum absolute atomic E-state index is 0.0309. The minimum atomic E-state index is -3.99. The Morgan fingerprint density at radius 3 is 2.16 bits per heavy atom. The van der Waals surface area contributed by atoms with Crippen LogP contribution in [0.1, 0.15) is 5.56 Å². The van der Waals surface area contributed by atoms with Crippen LogP contribution in [0.25, 0.3) is 0 Å². The van der Waals surface area contributed by atoms with Gasteiger partial charge in [-0.25, -0.2) is 8.42 Å². The average Bonchev–Trinajstić information content (AvgIpc) is 2.35. The number of benzene rings is 1. The highest BCUT2D eigenvalue weighted by molar-refractivity contribution is 7.89. The van der Waals surface area contributed by atoms with Crippen LogP contribution in [0, 0.1) is 6.92 Å². The molecule has 0 atom stereocenters. The number of aliphatic hydroxyl groups is 3. The molecule has 0 spiro atoms. The second-order valence-electron chi connectivity index (χ2n) is 4.27. The Kier molecular flexibility index (Phi) is 5.31. The van der Waals surface area contributed by atoms with Crippen LogP contribution in [-0.4, -0.2) is 49.1 Å². The lowest BCUT2D eigenvalue weighted by Crippen LogP contribution is -2.56. The van der Waals surface area contributed by atoms with Crippen molar-refractivity contribution in [3.63, 3.8) is 0 Å². The molecular weight excluding hydrogens is 294 g/mol. The van der Waals surface area contributed by atoms with Gasteiger partial charge in [0.25, 0.3) is 0 Å². The first-order valence-corrected chi connectivity index (χ1v) is 7.29. The fourth-order valence-corrected chi connectivity index (χ4v) is 3.33. The highest BCUT2D eigenvalue weighted by atomic mass is 35.5. The Morgan fingerprint density at radius 2 is 1.74 bits per heavy atom. The zero-order valence-electron chi connectivity index (χ0n) is 10.3. The molecule has 108 valence electrons. The molecule has 0 aliphatic rings. The Balaban J connectivity index is 3.17. The van der Waals surface area contributed by atoms with Crippen molar-refractivity contribution in [1.82, 2.24) is 4.72 Å². The molecule has 0 unspecified atom stereocenters. The molecule has 0 aliphatic carbocycles. The van der Waals surface area contributed by atoms with Crippen LogP contribution in [-0.2, 0) is 10.0 Å². The van der Waals surface area contributed by atoms with Crippen LogP contribution >= 0.6 is 11.6 Å². The third kappa shape index (κ3) is 3.65. The lowest BCUT2D eigenvalue weighted by Gasteiger charge is -2.28. The minimum Gasteiger partial charge on any atom is -0.394 e. The predicted molar refractivity (Wildman–Crippen MR) is 70.5 cm³/mol. The molecule has 0 aromatic heterocycles. The van der Waals surface area contributed by atoms with E-state index in [1.165, 1.54) is 18.2 Å². The number of aliphatic hydroxyl groups excluding tert-OH is 3. The van der Waals surface area contributed by atoms with E-state index in [1.807, 2.05) is 0 Å². The molecule has 0 aliphatic heterocycles. The molecule has 1 aromatic carbocycles. The van der Waals surface area contributed by atoms with Gasteiger partial charge >= 0.3 is 0 Å². The number of halogens is 1. The van der Waals surface area contributed by atoms with Crippen LogP contribution in [0.4, 0.5) is 0 Å². The van der Waals surface area contributed by atoms with Gasteiger partial charge in [-0.15, -0.1) is 0 Å². The van der Waals surface area contributed by atoms with Crippen LogP contribution < -0.4 is 4.72 Å². The second kappa shape index (κ2) is 6.17. The summed E-state index contributed by atoms with van der Waals surface area (Å²) in [6.45, 7) is -0.622. The molecule has 19 heavy (non-hydrogen) atoms. The standard InChI is InChI=1S/C11H16ClNO5S/c1-8-4-9(12)2-3-10(8)19(17,18)13-11(5-14,6-15)7-16/h2-4,13-16H,5-7H2,1H3. The number of hydrogen-bond donors (Lipinski definition) is 4. The fraction of sp³-hybridized carbons (Fsp3) is 0.455.